The van der Waals surface area contributed by atoms with Crippen LogP contribution in [0, 0.1) is 24.2 Å². The third-order valence-corrected chi connectivity index (χ3v) is 13.2. The van der Waals surface area contributed by atoms with Crippen LogP contribution in [0.4, 0.5) is 11.4 Å². The fraction of sp³-hybridized carbons (Fsp3) is 0.512. The van der Waals surface area contributed by atoms with E-state index in [2.05, 4.69) is 27.6 Å². The Balaban J connectivity index is 1.01. The zero-order chi connectivity index (χ0) is 39.0. The Morgan fingerprint density at radius 1 is 0.800 bits per heavy atom. The maximum absolute atomic E-state index is 13.8. The van der Waals surface area contributed by atoms with E-state index in [-0.39, 0.29) is 11.8 Å². The van der Waals surface area contributed by atoms with Crippen molar-refractivity contribution in [2.75, 3.05) is 24.2 Å². The summed E-state index contributed by atoms with van der Waals surface area (Å²) in [7, 11) is 5.89. The van der Waals surface area contributed by atoms with E-state index < -0.39 is 11.4 Å². The second-order valence-corrected chi connectivity index (χ2v) is 16.9. The van der Waals surface area contributed by atoms with E-state index in [1.54, 1.807) is 6.07 Å². The molecule has 0 bridgehead atoms. The van der Waals surface area contributed by atoms with Crippen LogP contribution in [0.1, 0.15) is 114 Å². The minimum absolute atomic E-state index is 0.266. The van der Waals surface area contributed by atoms with Crippen molar-refractivity contribution in [3.8, 4) is 11.1 Å². The van der Waals surface area contributed by atoms with Crippen LogP contribution in [0.2, 0.25) is 5.02 Å². The Labute approximate surface area is 328 Å². The third kappa shape index (κ3) is 7.96. The van der Waals surface area contributed by atoms with Gasteiger partial charge < -0.3 is 29.8 Å². The molecule has 0 radical (unpaired) electrons. The Morgan fingerprint density at radius 2 is 1.38 bits per heavy atom. The molecule has 1 aliphatic heterocycles. The summed E-state index contributed by atoms with van der Waals surface area (Å²) >= 11 is 7.03. The number of amides is 2. The van der Waals surface area contributed by atoms with Gasteiger partial charge in [0.2, 0.25) is 0 Å². The summed E-state index contributed by atoms with van der Waals surface area (Å²) in [5.74, 6) is 0.761. The molecule has 55 heavy (non-hydrogen) atoms. The Kier molecular flexibility index (Phi) is 11.2. The molecule has 1 fully saturated rings. The van der Waals surface area contributed by atoms with Crippen LogP contribution in [0.5, 0.6) is 0 Å². The number of hydrogen-bond donors (Lipinski definition) is 3. The first kappa shape index (κ1) is 38.8. The standard InChI is InChI=1S/C43H54ClN7O4/c1-26-29(10-7-12-31(26)47-40(52)39-46-34-25-49(3)24-21-36(34)51(39)5)30-11-8-14-33(37(30)44)48-41(53)38-45-32-13-6-9-27(17-18-35(32)50(38)4)15-16-28-19-22-43(2,23-20-28)42(54)55/h7-8,10-12,14,27-28H,6,9,13,15-25H2,1-5H3,(H,47,52)(H,48,53)(H,54,55). The number of halogens is 1. The molecule has 0 saturated heterocycles. The number of fused-ring (bicyclic) bond motifs is 2. The molecule has 2 aliphatic carbocycles. The minimum atomic E-state index is -0.657. The molecule has 292 valence electrons. The Bertz CT molecular complexity index is 2110. The summed E-state index contributed by atoms with van der Waals surface area (Å²) in [5.41, 5.74) is 7.19. The number of aliphatic carboxylic acids is 1. The lowest BCUT2D eigenvalue weighted by atomic mass is 9.70. The SMILES string of the molecule is Cc1c(NC(=O)c2nc3c(n2C)CCN(C)C3)cccc1-c1cccc(NC(=O)c2nc3c(n2C)CCC(CCC2CCC(C)(C(=O)O)CC2)CCC3)c1Cl. The molecule has 0 spiro atoms. The van der Waals surface area contributed by atoms with Crippen LogP contribution in [0.15, 0.2) is 36.4 Å². The van der Waals surface area contributed by atoms with Crippen LogP contribution in [-0.2, 0) is 44.7 Å². The molecular weight excluding hydrogens is 714 g/mol. The van der Waals surface area contributed by atoms with Gasteiger partial charge in [-0.3, -0.25) is 14.4 Å². The molecule has 12 heteroatoms. The maximum Gasteiger partial charge on any atom is 0.309 e. The molecule has 1 unspecified atom stereocenters. The lowest BCUT2D eigenvalue weighted by molar-refractivity contribution is -0.150. The largest absolute Gasteiger partial charge is 0.481 e. The van der Waals surface area contributed by atoms with Crippen molar-refractivity contribution in [2.45, 2.75) is 97.4 Å². The van der Waals surface area contributed by atoms with Crippen LogP contribution in [0.25, 0.3) is 11.1 Å². The second-order valence-electron chi connectivity index (χ2n) is 16.5. The summed E-state index contributed by atoms with van der Waals surface area (Å²) in [6.45, 7) is 5.50. The molecule has 3 aliphatic rings. The first-order chi connectivity index (χ1) is 26.3. The predicted molar refractivity (Wildman–Crippen MR) is 216 cm³/mol. The highest BCUT2D eigenvalue weighted by molar-refractivity contribution is 6.36. The molecule has 2 aromatic heterocycles. The van der Waals surface area contributed by atoms with Gasteiger partial charge in [0.25, 0.3) is 11.8 Å². The number of aryl methyl sites for hydroxylation is 1. The normalized spacial score (nSPS) is 21.6. The number of carboxylic acids is 1. The fourth-order valence-corrected chi connectivity index (χ4v) is 9.32. The molecule has 3 heterocycles. The van der Waals surface area contributed by atoms with Gasteiger partial charge in [-0.1, -0.05) is 55.1 Å². The van der Waals surface area contributed by atoms with Crippen molar-refractivity contribution < 1.29 is 19.5 Å². The molecule has 3 N–H and O–H groups in total. The minimum Gasteiger partial charge on any atom is -0.481 e. The average molecular weight is 768 g/mol. The van der Waals surface area contributed by atoms with Gasteiger partial charge in [0.1, 0.15) is 0 Å². The number of carbonyl (C=O) groups excluding carboxylic acids is 2. The number of carboxylic acid groups (broad SMARTS) is 1. The summed E-state index contributed by atoms with van der Waals surface area (Å²) in [6, 6.07) is 11.3. The fourth-order valence-electron chi connectivity index (χ4n) is 9.04. The lowest BCUT2D eigenvalue weighted by Gasteiger charge is -2.34. The molecule has 7 rings (SSSR count). The van der Waals surface area contributed by atoms with Gasteiger partial charge >= 0.3 is 5.97 Å². The number of nitrogens with one attached hydrogen (secondary N) is 2. The van der Waals surface area contributed by atoms with Crippen molar-refractivity contribution in [3.05, 3.63) is 81.4 Å². The third-order valence-electron chi connectivity index (χ3n) is 12.8. The number of benzene rings is 2. The molecule has 11 nitrogen and oxygen atoms in total. The van der Waals surface area contributed by atoms with E-state index >= 15 is 0 Å². The van der Waals surface area contributed by atoms with Gasteiger partial charge in [-0.15, -0.1) is 0 Å². The van der Waals surface area contributed by atoms with Crippen molar-refractivity contribution in [3.63, 3.8) is 0 Å². The molecule has 2 aromatic carbocycles. The molecule has 1 saturated carbocycles. The summed E-state index contributed by atoms with van der Waals surface area (Å²) in [5, 5.41) is 16.1. The molecular formula is C43H54ClN7O4. The number of anilines is 2. The summed E-state index contributed by atoms with van der Waals surface area (Å²) in [4.78, 5) is 50.7. The van der Waals surface area contributed by atoms with Crippen molar-refractivity contribution in [1.82, 2.24) is 24.0 Å². The molecule has 4 aromatic rings. The zero-order valence-corrected chi connectivity index (χ0v) is 33.6. The van der Waals surface area contributed by atoms with E-state index in [4.69, 9.17) is 16.6 Å². The first-order valence-electron chi connectivity index (χ1n) is 19.8. The van der Waals surface area contributed by atoms with E-state index in [1.165, 1.54) is 6.42 Å². The molecule has 1 atom stereocenters. The van der Waals surface area contributed by atoms with E-state index in [9.17, 15) is 19.5 Å². The number of nitrogens with zero attached hydrogens (tertiary/aromatic N) is 5. The van der Waals surface area contributed by atoms with Crippen molar-refractivity contribution in [1.29, 1.82) is 0 Å². The smallest absolute Gasteiger partial charge is 0.309 e. The number of hydrogen-bond acceptors (Lipinski definition) is 6. The summed E-state index contributed by atoms with van der Waals surface area (Å²) < 4.78 is 3.85. The Hall–Kier alpha value is -4.48. The number of likely N-dealkylation sites (N-methyl/N-ethyl adjacent to an activating group) is 1. The lowest BCUT2D eigenvalue weighted by Crippen LogP contribution is -2.32. The highest BCUT2D eigenvalue weighted by Crippen LogP contribution is 2.42. The van der Waals surface area contributed by atoms with E-state index in [0.717, 1.165) is 123 Å². The second kappa shape index (κ2) is 15.9. The van der Waals surface area contributed by atoms with Crippen LogP contribution < -0.4 is 10.6 Å². The van der Waals surface area contributed by atoms with Crippen LogP contribution >= 0.6 is 11.6 Å². The van der Waals surface area contributed by atoms with E-state index in [0.29, 0.717) is 39.9 Å². The maximum atomic E-state index is 13.8. The number of rotatable bonds is 9. The monoisotopic (exact) mass is 767 g/mol. The predicted octanol–water partition coefficient (Wildman–Crippen LogP) is 8.22. The number of imidazole rings is 2. The van der Waals surface area contributed by atoms with Gasteiger partial charge in [0.15, 0.2) is 11.6 Å². The number of carbonyl (C=O) groups is 3. The van der Waals surface area contributed by atoms with Gasteiger partial charge in [-0.2, -0.15) is 0 Å². The average Bonchev–Trinajstić information content (AvgIpc) is 3.64. The van der Waals surface area contributed by atoms with Crippen LogP contribution in [-0.4, -0.2) is 60.5 Å². The highest BCUT2D eigenvalue weighted by atomic mass is 35.5. The van der Waals surface area contributed by atoms with Gasteiger partial charge in [0, 0.05) is 56.2 Å². The summed E-state index contributed by atoms with van der Waals surface area (Å²) in [6.07, 6.45) is 11.7. The first-order valence-corrected chi connectivity index (χ1v) is 20.2. The zero-order valence-electron chi connectivity index (χ0n) is 32.8. The highest BCUT2D eigenvalue weighted by Gasteiger charge is 2.37. The molecule has 2 amide bonds. The topological polar surface area (TPSA) is 134 Å². The van der Waals surface area contributed by atoms with Crippen molar-refractivity contribution in [2.24, 2.45) is 31.3 Å². The Morgan fingerprint density at radius 3 is 2.05 bits per heavy atom. The van der Waals surface area contributed by atoms with Crippen LogP contribution in [0.3, 0.4) is 0 Å². The van der Waals surface area contributed by atoms with Gasteiger partial charge in [-0.05, 0) is 107 Å². The number of aromatic nitrogens is 4. The van der Waals surface area contributed by atoms with Crippen molar-refractivity contribution >= 4 is 40.8 Å². The quantitative estimate of drug-likeness (QED) is 0.156. The van der Waals surface area contributed by atoms with Gasteiger partial charge in [0.05, 0.1) is 27.5 Å². The van der Waals surface area contributed by atoms with Gasteiger partial charge in [-0.25, -0.2) is 9.97 Å². The van der Waals surface area contributed by atoms with E-state index in [1.807, 2.05) is 67.4 Å².